The van der Waals surface area contributed by atoms with E-state index in [0.717, 1.165) is 19.3 Å². The molecule has 2 amide bonds. The molecule has 3 heterocycles. The summed E-state index contributed by atoms with van der Waals surface area (Å²) in [5.74, 6) is 0.563. The van der Waals surface area contributed by atoms with Crippen molar-refractivity contribution in [3.8, 4) is 0 Å². The van der Waals surface area contributed by atoms with Gasteiger partial charge in [0, 0.05) is 31.4 Å². The second-order valence-electron chi connectivity index (χ2n) is 7.51. The average Bonchev–Trinajstić information content (AvgIpc) is 2.79. The van der Waals surface area contributed by atoms with Crippen LogP contribution in [0.15, 0.2) is 36.5 Å². The van der Waals surface area contributed by atoms with Gasteiger partial charge in [0.05, 0.1) is 30.5 Å². The van der Waals surface area contributed by atoms with Crippen molar-refractivity contribution in [2.45, 2.75) is 32.2 Å². The summed E-state index contributed by atoms with van der Waals surface area (Å²) in [6, 6.07) is 9.16. The maximum Gasteiger partial charge on any atom is 0.257 e. The smallest absolute Gasteiger partial charge is 0.257 e. The van der Waals surface area contributed by atoms with Crippen molar-refractivity contribution in [2.75, 3.05) is 32.8 Å². The van der Waals surface area contributed by atoms with Crippen molar-refractivity contribution in [1.29, 1.82) is 0 Å². The van der Waals surface area contributed by atoms with E-state index in [1.165, 1.54) is 0 Å². The fourth-order valence-electron chi connectivity index (χ4n) is 3.98. The number of likely N-dealkylation sites (tertiary alicyclic amines) is 1. The minimum Gasteiger partial charge on any atom is -0.378 e. The number of aryl methyl sites for hydroxylation is 1. The van der Waals surface area contributed by atoms with Crippen molar-refractivity contribution in [3.05, 3.63) is 59.2 Å². The highest BCUT2D eigenvalue weighted by atomic mass is 16.5. The number of nitrogens with zero attached hydrogens (tertiary/aromatic N) is 4. The Hall–Kier alpha value is -2.80. The Bertz CT molecular complexity index is 881. The van der Waals surface area contributed by atoms with E-state index in [-0.39, 0.29) is 17.9 Å². The molecule has 152 valence electrons. The van der Waals surface area contributed by atoms with Crippen molar-refractivity contribution in [2.24, 2.45) is 0 Å². The highest BCUT2D eigenvalue weighted by molar-refractivity contribution is 5.95. The molecule has 0 N–H and O–H groups in total. The lowest BCUT2D eigenvalue weighted by molar-refractivity contribution is 0.0301. The first kappa shape index (κ1) is 19.5. The Morgan fingerprint density at radius 3 is 2.52 bits per heavy atom. The van der Waals surface area contributed by atoms with Crippen molar-refractivity contribution >= 4 is 11.8 Å². The number of hydrogen-bond acceptors (Lipinski definition) is 5. The highest BCUT2D eigenvalue weighted by Crippen LogP contribution is 2.30. The Balaban J connectivity index is 1.57. The van der Waals surface area contributed by atoms with E-state index < -0.39 is 0 Å². The van der Waals surface area contributed by atoms with Gasteiger partial charge in [0.25, 0.3) is 11.8 Å². The summed E-state index contributed by atoms with van der Waals surface area (Å²) >= 11 is 0. The molecular weight excluding hydrogens is 368 g/mol. The first-order valence-corrected chi connectivity index (χ1v) is 10.2. The van der Waals surface area contributed by atoms with E-state index in [1.807, 2.05) is 42.2 Å². The third-order valence-electron chi connectivity index (χ3n) is 5.61. The monoisotopic (exact) mass is 394 g/mol. The number of morpholine rings is 1. The number of rotatable bonds is 3. The van der Waals surface area contributed by atoms with Gasteiger partial charge in [-0.05, 0) is 38.3 Å². The third kappa shape index (κ3) is 4.15. The molecule has 1 aromatic carbocycles. The maximum atomic E-state index is 13.0. The van der Waals surface area contributed by atoms with Crippen LogP contribution in [0, 0.1) is 6.92 Å². The van der Waals surface area contributed by atoms with Crippen LogP contribution in [0.1, 0.15) is 57.5 Å². The first-order valence-electron chi connectivity index (χ1n) is 10.2. The number of amides is 2. The molecule has 0 radical (unpaired) electrons. The van der Waals surface area contributed by atoms with Gasteiger partial charge in [-0.15, -0.1) is 0 Å². The van der Waals surface area contributed by atoms with Crippen molar-refractivity contribution < 1.29 is 14.3 Å². The second-order valence-corrected chi connectivity index (χ2v) is 7.51. The van der Waals surface area contributed by atoms with Gasteiger partial charge < -0.3 is 14.5 Å². The normalized spacial score (nSPS) is 19.8. The van der Waals surface area contributed by atoms with E-state index >= 15 is 0 Å². The van der Waals surface area contributed by atoms with Gasteiger partial charge in [-0.25, -0.2) is 9.97 Å². The van der Waals surface area contributed by atoms with Crippen LogP contribution in [0.2, 0.25) is 0 Å². The van der Waals surface area contributed by atoms with Gasteiger partial charge in [0.1, 0.15) is 0 Å². The second kappa shape index (κ2) is 8.69. The molecule has 2 aromatic rings. The van der Waals surface area contributed by atoms with Crippen LogP contribution in [-0.2, 0) is 4.74 Å². The summed E-state index contributed by atoms with van der Waals surface area (Å²) < 4.78 is 5.32. The van der Waals surface area contributed by atoms with Crippen LogP contribution in [0.25, 0.3) is 0 Å². The predicted octanol–water partition coefficient (Wildman–Crippen LogP) is 2.62. The van der Waals surface area contributed by atoms with Gasteiger partial charge in [-0.1, -0.05) is 18.2 Å². The zero-order chi connectivity index (χ0) is 20.2. The SMILES string of the molecule is Cc1nc([C@@H]2CCCCN2C(=O)c2ccccc2)ncc1C(=O)N1CCOCC1. The fourth-order valence-corrected chi connectivity index (χ4v) is 3.98. The minimum absolute atomic E-state index is 0.00465. The summed E-state index contributed by atoms with van der Waals surface area (Å²) in [5.41, 5.74) is 1.85. The number of benzene rings is 1. The number of hydrogen-bond donors (Lipinski definition) is 0. The third-order valence-corrected chi connectivity index (χ3v) is 5.61. The largest absolute Gasteiger partial charge is 0.378 e. The average molecular weight is 394 g/mol. The van der Waals surface area contributed by atoms with E-state index in [2.05, 4.69) is 9.97 Å². The lowest BCUT2D eigenvalue weighted by Crippen LogP contribution is -2.41. The number of ether oxygens (including phenoxy) is 1. The number of aromatic nitrogens is 2. The summed E-state index contributed by atoms with van der Waals surface area (Å²) in [6.07, 6.45) is 4.45. The van der Waals surface area contributed by atoms with Crippen LogP contribution in [0.3, 0.4) is 0 Å². The van der Waals surface area contributed by atoms with E-state index in [1.54, 1.807) is 11.1 Å². The van der Waals surface area contributed by atoms with Crippen LogP contribution >= 0.6 is 0 Å². The molecule has 0 spiro atoms. The molecule has 4 rings (SSSR count). The zero-order valence-electron chi connectivity index (χ0n) is 16.7. The number of carbonyl (C=O) groups excluding carboxylic acids is 2. The summed E-state index contributed by atoms with van der Waals surface area (Å²) in [4.78, 5) is 38.7. The van der Waals surface area contributed by atoms with Crippen molar-refractivity contribution in [1.82, 2.24) is 19.8 Å². The van der Waals surface area contributed by atoms with Crippen molar-refractivity contribution in [3.63, 3.8) is 0 Å². The Morgan fingerprint density at radius 2 is 1.79 bits per heavy atom. The topological polar surface area (TPSA) is 75.6 Å². The number of carbonyl (C=O) groups is 2. The number of piperidine rings is 1. The van der Waals surface area contributed by atoms with Crippen LogP contribution in [0.4, 0.5) is 0 Å². The van der Waals surface area contributed by atoms with Gasteiger partial charge in [-0.2, -0.15) is 0 Å². The summed E-state index contributed by atoms with van der Waals surface area (Å²) in [5, 5.41) is 0. The van der Waals surface area contributed by atoms with E-state index in [4.69, 9.17) is 4.74 Å². The lowest BCUT2D eigenvalue weighted by Gasteiger charge is -2.35. The van der Waals surface area contributed by atoms with Crippen LogP contribution < -0.4 is 0 Å². The molecule has 2 fully saturated rings. The molecule has 29 heavy (non-hydrogen) atoms. The molecule has 1 atom stereocenters. The predicted molar refractivity (Wildman–Crippen MR) is 108 cm³/mol. The molecule has 0 unspecified atom stereocenters. The molecule has 1 aromatic heterocycles. The molecule has 0 saturated carbocycles. The Kier molecular flexibility index (Phi) is 5.85. The van der Waals surface area contributed by atoms with E-state index in [9.17, 15) is 9.59 Å². The van der Waals surface area contributed by atoms with E-state index in [0.29, 0.717) is 55.5 Å². The fraction of sp³-hybridized carbons (Fsp3) is 0.455. The molecule has 0 aliphatic carbocycles. The van der Waals surface area contributed by atoms with Gasteiger partial charge in [-0.3, -0.25) is 9.59 Å². The summed E-state index contributed by atoms with van der Waals surface area (Å²) in [7, 11) is 0. The Morgan fingerprint density at radius 1 is 1.03 bits per heavy atom. The first-order chi connectivity index (χ1) is 14.1. The minimum atomic E-state index is -0.164. The van der Waals surface area contributed by atoms with Crippen LogP contribution in [0.5, 0.6) is 0 Å². The van der Waals surface area contributed by atoms with Gasteiger partial charge in [0.15, 0.2) is 5.82 Å². The molecule has 0 bridgehead atoms. The summed E-state index contributed by atoms with van der Waals surface area (Å²) in [6.45, 7) is 4.81. The molecular formula is C22H26N4O3. The standard InChI is InChI=1S/C22H26N4O3/c1-16-18(22(28)25-11-13-29-14-12-25)15-23-20(24-16)19-9-5-6-10-26(19)21(27)17-7-3-2-4-8-17/h2-4,7-8,15,19H,5-6,9-14H2,1H3/t19-/m0/s1. The zero-order valence-corrected chi connectivity index (χ0v) is 16.7. The Labute approximate surface area is 170 Å². The highest BCUT2D eigenvalue weighted by Gasteiger charge is 2.31. The molecule has 2 aliphatic rings. The molecule has 7 nitrogen and oxygen atoms in total. The molecule has 7 heteroatoms. The maximum absolute atomic E-state index is 13.0. The van der Waals surface area contributed by atoms with Gasteiger partial charge in [0.2, 0.25) is 0 Å². The van der Waals surface area contributed by atoms with Crippen LogP contribution in [-0.4, -0.2) is 64.4 Å². The lowest BCUT2D eigenvalue weighted by atomic mass is 9.99. The molecule has 2 saturated heterocycles. The molecule has 2 aliphatic heterocycles. The van der Waals surface area contributed by atoms with Gasteiger partial charge >= 0.3 is 0 Å². The quantitative estimate of drug-likeness (QED) is 0.800.